The molecule has 0 spiro atoms. The molecule has 0 saturated heterocycles. The van der Waals surface area contributed by atoms with Crippen LogP contribution in [-0.4, -0.2) is 69.1 Å². The van der Waals surface area contributed by atoms with E-state index in [0.29, 0.717) is 78.0 Å². The van der Waals surface area contributed by atoms with Crippen LogP contribution in [0, 0.1) is 13.8 Å². The van der Waals surface area contributed by atoms with Crippen molar-refractivity contribution in [2.45, 2.75) is 52.9 Å². The van der Waals surface area contributed by atoms with E-state index >= 15 is 0 Å². The van der Waals surface area contributed by atoms with Crippen LogP contribution >= 0.6 is 0 Å². The lowest BCUT2D eigenvalue weighted by atomic mass is 9.98. The van der Waals surface area contributed by atoms with E-state index in [1.165, 1.54) is 12.2 Å². The molecule has 3 aromatic carbocycles. The van der Waals surface area contributed by atoms with E-state index in [1.807, 2.05) is 94.4 Å². The van der Waals surface area contributed by atoms with Crippen LogP contribution < -0.4 is 4.74 Å². The Morgan fingerprint density at radius 3 is 2.48 bits per heavy atom. The minimum absolute atomic E-state index is 0.133. The molecular weight excluding hydrogens is 684 g/mol. The van der Waals surface area contributed by atoms with Crippen molar-refractivity contribution < 1.29 is 28.5 Å². The molecule has 54 heavy (non-hydrogen) atoms. The summed E-state index contributed by atoms with van der Waals surface area (Å²) < 4.78 is 35.0. The van der Waals surface area contributed by atoms with Crippen molar-refractivity contribution in [3.8, 4) is 28.3 Å². The first-order valence-corrected chi connectivity index (χ1v) is 18.1. The molecule has 1 aliphatic heterocycles. The van der Waals surface area contributed by atoms with Gasteiger partial charge in [0.25, 0.3) is 0 Å². The number of fused-ring (bicyclic) bond motifs is 7. The van der Waals surface area contributed by atoms with Crippen LogP contribution in [0.4, 0.5) is 4.39 Å². The van der Waals surface area contributed by atoms with Gasteiger partial charge in [-0.3, -0.25) is 4.90 Å². The van der Waals surface area contributed by atoms with Crippen molar-refractivity contribution >= 4 is 17.2 Å². The lowest BCUT2D eigenvalue weighted by Gasteiger charge is -2.27. The number of aromatic nitrogens is 3. The highest BCUT2D eigenvalue weighted by Gasteiger charge is 2.33. The highest BCUT2D eigenvalue weighted by molar-refractivity contribution is 5.82. The minimum Gasteiger partial charge on any atom is -0.492 e. The summed E-state index contributed by atoms with van der Waals surface area (Å²) >= 11 is 0. The highest BCUT2D eigenvalue weighted by Crippen LogP contribution is 2.38. The van der Waals surface area contributed by atoms with Gasteiger partial charge in [0.1, 0.15) is 18.2 Å². The summed E-state index contributed by atoms with van der Waals surface area (Å²) in [6.07, 6.45) is 3.10. The monoisotopic (exact) mass is 730 g/mol. The van der Waals surface area contributed by atoms with Crippen LogP contribution in [0.2, 0.25) is 0 Å². The second-order valence-corrected chi connectivity index (χ2v) is 14.4. The topological polar surface area (TPSA) is 98.4 Å². The zero-order valence-electron chi connectivity index (χ0n) is 31.5. The number of hydrogen-bond acceptors (Lipinski definition) is 7. The summed E-state index contributed by atoms with van der Waals surface area (Å²) in [7, 11) is 0. The average Bonchev–Trinajstić information content (AvgIpc) is 3.56. The van der Waals surface area contributed by atoms with Crippen molar-refractivity contribution in [2.24, 2.45) is 0 Å². The molecule has 1 aliphatic rings. The van der Waals surface area contributed by atoms with Crippen molar-refractivity contribution in [1.82, 2.24) is 19.5 Å². The normalized spacial score (nSPS) is 17.1. The first kappa shape index (κ1) is 38.3. The van der Waals surface area contributed by atoms with Gasteiger partial charge in [-0.25, -0.2) is 18.7 Å². The molecule has 6 bridgehead atoms. The SMILES string of the molecule is C=C1/C=C\C(F)=C/COCCN(Cc2ccccc2)CCOc2cc(ccc2C)-c2c([C@H](OC(C)(C)C)C(=O)O)c(C)nc3cc(nn23)-c2cccc1c2. The molecule has 280 valence electrons. The molecule has 5 aromatic rings. The number of carbonyl (C=O) groups is 1. The molecule has 0 saturated carbocycles. The maximum atomic E-state index is 14.8. The third kappa shape index (κ3) is 9.38. The lowest BCUT2D eigenvalue weighted by Crippen LogP contribution is -2.31. The van der Waals surface area contributed by atoms with Gasteiger partial charge >= 0.3 is 5.97 Å². The largest absolute Gasteiger partial charge is 0.492 e. The first-order valence-electron chi connectivity index (χ1n) is 18.1. The summed E-state index contributed by atoms with van der Waals surface area (Å²) in [6, 6.07) is 25.5. The number of aryl methyl sites for hydroxylation is 2. The molecule has 9 nitrogen and oxygen atoms in total. The van der Waals surface area contributed by atoms with E-state index in [4.69, 9.17) is 24.3 Å². The Labute approximate surface area is 316 Å². The fourth-order valence-corrected chi connectivity index (χ4v) is 6.39. The maximum absolute atomic E-state index is 14.8. The van der Waals surface area contributed by atoms with Crippen LogP contribution in [0.5, 0.6) is 5.75 Å². The summed E-state index contributed by atoms with van der Waals surface area (Å²) in [6.45, 7) is 16.2. The lowest BCUT2D eigenvalue weighted by molar-refractivity contribution is -0.160. The second kappa shape index (κ2) is 16.7. The third-order valence-corrected chi connectivity index (χ3v) is 9.08. The molecular formula is C44H47FN4O5. The number of halogens is 1. The Kier molecular flexibility index (Phi) is 11.9. The summed E-state index contributed by atoms with van der Waals surface area (Å²) in [4.78, 5) is 20.0. The van der Waals surface area contributed by atoms with Gasteiger partial charge in [-0.1, -0.05) is 73.3 Å². The maximum Gasteiger partial charge on any atom is 0.337 e. The van der Waals surface area contributed by atoms with Crippen LogP contribution in [0.1, 0.15) is 54.8 Å². The van der Waals surface area contributed by atoms with E-state index in [-0.39, 0.29) is 6.61 Å². The van der Waals surface area contributed by atoms with Crippen LogP contribution in [0.15, 0.2) is 109 Å². The molecule has 1 atom stereocenters. The molecule has 1 N–H and O–H groups in total. The molecule has 0 aliphatic carbocycles. The quantitative estimate of drug-likeness (QED) is 0.192. The molecule has 6 rings (SSSR count). The number of hydrogen-bond donors (Lipinski definition) is 1. The van der Waals surface area contributed by atoms with E-state index in [0.717, 1.165) is 22.3 Å². The number of aliphatic carboxylic acids is 1. The van der Waals surface area contributed by atoms with Gasteiger partial charge in [0.15, 0.2) is 11.8 Å². The number of benzene rings is 3. The van der Waals surface area contributed by atoms with Gasteiger partial charge in [-0.2, -0.15) is 5.10 Å². The minimum atomic E-state index is -1.33. The third-order valence-electron chi connectivity index (χ3n) is 9.08. The number of carboxylic acid groups (broad SMARTS) is 1. The van der Waals surface area contributed by atoms with Crippen LogP contribution in [0.25, 0.3) is 33.7 Å². The van der Waals surface area contributed by atoms with E-state index in [1.54, 1.807) is 17.5 Å². The number of rotatable bonds is 5. The second-order valence-electron chi connectivity index (χ2n) is 14.4. The first-order chi connectivity index (χ1) is 25.9. The van der Waals surface area contributed by atoms with E-state index < -0.39 is 23.5 Å². The number of nitrogens with zero attached hydrogens (tertiary/aromatic N) is 4. The zero-order chi connectivity index (χ0) is 38.4. The summed E-state index contributed by atoms with van der Waals surface area (Å²) in [5.74, 6) is -0.897. The van der Waals surface area contributed by atoms with E-state index in [2.05, 4.69) is 23.6 Å². The molecule has 0 radical (unpaired) electrons. The number of carboxylic acids is 1. The van der Waals surface area contributed by atoms with Crippen molar-refractivity contribution in [1.29, 1.82) is 0 Å². The molecule has 0 fully saturated rings. The standard InChI is InChI=1S/C44H47FN4O5/c1-29-16-18-36(45)19-22-52-23-20-48(28-32-11-8-7-9-12-32)21-24-53-38-26-35(17-15-30(38)2)41-40(42(43(50)51)54-44(4,5)6)31(3)46-39-27-37(47-49(39)41)34-14-10-13-33(29)25-34/h7-19,25-27,42H,1,20-24,28H2,2-6H3,(H,50,51)/b18-16-,36-19+/t42-/m0/s1. The number of allylic oxidation sites excluding steroid dienone is 4. The Morgan fingerprint density at radius 2 is 1.72 bits per heavy atom. The van der Waals surface area contributed by atoms with Crippen LogP contribution in [-0.2, 0) is 20.8 Å². The molecule has 3 heterocycles. The smallest absolute Gasteiger partial charge is 0.337 e. The Balaban J connectivity index is 1.49. The van der Waals surface area contributed by atoms with Crippen LogP contribution in [0.3, 0.4) is 0 Å². The Morgan fingerprint density at radius 1 is 0.963 bits per heavy atom. The summed E-state index contributed by atoms with van der Waals surface area (Å²) in [5.41, 5.74) is 6.80. The molecule has 2 aromatic heterocycles. The van der Waals surface area contributed by atoms with Gasteiger partial charge in [0.05, 0.1) is 30.2 Å². The van der Waals surface area contributed by atoms with Crippen molar-refractivity contribution in [3.63, 3.8) is 0 Å². The fraction of sp³-hybridized carbons (Fsp3) is 0.295. The highest BCUT2D eigenvalue weighted by atomic mass is 19.1. The molecule has 0 amide bonds. The average molecular weight is 731 g/mol. The molecule has 0 unspecified atom stereocenters. The van der Waals surface area contributed by atoms with Gasteiger partial charge in [-0.15, -0.1) is 0 Å². The van der Waals surface area contributed by atoms with Gasteiger partial charge in [0, 0.05) is 48.1 Å². The van der Waals surface area contributed by atoms with Gasteiger partial charge in [0.2, 0.25) is 0 Å². The number of ether oxygens (including phenoxy) is 3. The Hall–Kier alpha value is -5.42. The predicted octanol–water partition coefficient (Wildman–Crippen LogP) is 8.95. The van der Waals surface area contributed by atoms with Gasteiger partial charge < -0.3 is 19.3 Å². The zero-order valence-corrected chi connectivity index (χ0v) is 31.5. The fourth-order valence-electron chi connectivity index (χ4n) is 6.39. The van der Waals surface area contributed by atoms with Crippen molar-refractivity contribution in [3.05, 3.63) is 137 Å². The van der Waals surface area contributed by atoms with Crippen molar-refractivity contribution in [2.75, 3.05) is 32.9 Å². The predicted molar refractivity (Wildman–Crippen MR) is 210 cm³/mol. The summed E-state index contributed by atoms with van der Waals surface area (Å²) in [5, 5.41) is 15.6. The van der Waals surface area contributed by atoms with E-state index in [9.17, 15) is 14.3 Å². The Bertz CT molecular complexity index is 2200. The molecule has 10 heteroatoms. The van der Waals surface area contributed by atoms with Gasteiger partial charge in [-0.05, 0) is 81.2 Å².